The topological polar surface area (TPSA) is 41.1 Å². The molecular formula is C21H29FN4. The molecule has 140 valence electrons. The highest BCUT2D eigenvalue weighted by atomic mass is 19.1. The van der Waals surface area contributed by atoms with Crippen LogP contribution in [0, 0.1) is 11.7 Å². The first-order chi connectivity index (χ1) is 12.7. The lowest BCUT2D eigenvalue weighted by Crippen LogP contribution is -2.35. The third kappa shape index (κ3) is 5.49. The van der Waals surface area contributed by atoms with Gasteiger partial charge in [-0.15, -0.1) is 0 Å². The zero-order valence-corrected chi connectivity index (χ0v) is 15.6. The standard InChI is InChI=1S/C21H29FN4/c1-2-11-23-21-24-13-18(14-25-21)16-26-12-5-6-17(15-26)9-10-19-7-3-4-8-20(19)22/h3-4,7-8,13-14,17H,2,5-6,9-12,15-16H2,1H3,(H,23,24,25)/t17-/m1/s1. The van der Waals surface area contributed by atoms with Crippen LogP contribution in [-0.2, 0) is 13.0 Å². The third-order valence-electron chi connectivity index (χ3n) is 5.03. The summed E-state index contributed by atoms with van der Waals surface area (Å²) in [6.07, 6.45) is 9.23. The summed E-state index contributed by atoms with van der Waals surface area (Å²) in [4.78, 5) is 11.3. The molecule has 0 aliphatic carbocycles. The van der Waals surface area contributed by atoms with Crippen molar-refractivity contribution in [1.29, 1.82) is 0 Å². The molecule has 1 saturated heterocycles. The lowest BCUT2D eigenvalue weighted by Gasteiger charge is -2.32. The molecule has 1 fully saturated rings. The minimum Gasteiger partial charge on any atom is -0.354 e. The van der Waals surface area contributed by atoms with E-state index in [1.807, 2.05) is 24.5 Å². The zero-order chi connectivity index (χ0) is 18.2. The Bertz CT molecular complexity index is 674. The van der Waals surface area contributed by atoms with Gasteiger partial charge in [-0.05, 0) is 56.2 Å². The summed E-state index contributed by atoms with van der Waals surface area (Å²) < 4.78 is 13.8. The highest BCUT2D eigenvalue weighted by Gasteiger charge is 2.20. The van der Waals surface area contributed by atoms with Crippen LogP contribution in [0.25, 0.3) is 0 Å². The molecule has 1 atom stereocenters. The Balaban J connectivity index is 1.48. The number of likely N-dealkylation sites (tertiary alicyclic amines) is 1. The van der Waals surface area contributed by atoms with Crippen LogP contribution >= 0.6 is 0 Å². The fourth-order valence-electron chi connectivity index (χ4n) is 3.61. The van der Waals surface area contributed by atoms with Crippen molar-refractivity contribution in [3.63, 3.8) is 0 Å². The van der Waals surface area contributed by atoms with E-state index in [1.165, 1.54) is 12.8 Å². The number of hydrogen-bond acceptors (Lipinski definition) is 4. The fourth-order valence-corrected chi connectivity index (χ4v) is 3.61. The molecule has 1 aromatic heterocycles. The number of rotatable bonds is 8. The molecular weight excluding hydrogens is 327 g/mol. The van der Waals surface area contributed by atoms with Crippen LogP contribution in [0.4, 0.5) is 10.3 Å². The second kappa shape index (κ2) is 9.62. The lowest BCUT2D eigenvalue weighted by molar-refractivity contribution is 0.161. The summed E-state index contributed by atoms with van der Waals surface area (Å²) in [6, 6.07) is 7.14. The van der Waals surface area contributed by atoms with Crippen LogP contribution in [-0.4, -0.2) is 34.5 Å². The summed E-state index contributed by atoms with van der Waals surface area (Å²) in [5.41, 5.74) is 2.00. The number of benzene rings is 1. The van der Waals surface area contributed by atoms with Crippen LogP contribution in [0.5, 0.6) is 0 Å². The molecule has 5 heteroatoms. The number of nitrogens with one attached hydrogen (secondary N) is 1. The Kier molecular flexibility index (Phi) is 6.95. The predicted molar refractivity (Wildman–Crippen MR) is 104 cm³/mol. The lowest BCUT2D eigenvalue weighted by atomic mass is 9.91. The minimum atomic E-state index is -0.0749. The SMILES string of the molecule is CCCNc1ncc(CN2CCC[C@H](CCc3ccccc3F)C2)cn1. The van der Waals surface area contributed by atoms with Gasteiger partial charge in [-0.25, -0.2) is 14.4 Å². The van der Waals surface area contributed by atoms with Gasteiger partial charge in [-0.1, -0.05) is 25.1 Å². The van der Waals surface area contributed by atoms with Crippen LogP contribution in [0.15, 0.2) is 36.7 Å². The van der Waals surface area contributed by atoms with Gasteiger partial charge in [-0.2, -0.15) is 0 Å². The second-order valence-electron chi connectivity index (χ2n) is 7.22. The molecule has 0 saturated carbocycles. The first-order valence-corrected chi connectivity index (χ1v) is 9.75. The number of hydrogen-bond donors (Lipinski definition) is 1. The third-order valence-corrected chi connectivity index (χ3v) is 5.03. The number of anilines is 1. The number of piperidine rings is 1. The summed E-state index contributed by atoms with van der Waals surface area (Å²) >= 11 is 0. The average Bonchev–Trinajstić information content (AvgIpc) is 2.67. The van der Waals surface area contributed by atoms with Gasteiger partial charge in [0.2, 0.25) is 5.95 Å². The van der Waals surface area contributed by atoms with Crippen molar-refractivity contribution in [2.45, 2.75) is 45.6 Å². The number of aryl methyl sites for hydroxylation is 1. The molecule has 2 aromatic rings. The summed E-state index contributed by atoms with van der Waals surface area (Å²) in [5.74, 6) is 1.26. The molecule has 2 heterocycles. The van der Waals surface area contributed by atoms with Gasteiger partial charge in [0.05, 0.1) is 0 Å². The van der Waals surface area contributed by atoms with E-state index in [2.05, 4.69) is 27.1 Å². The van der Waals surface area contributed by atoms with Gasteiger partial charge >= 0.3 is 0 Å². The normalized spacial score (nSPS) is 18.0. The van der Waals surface area contributed by atoms with Crippen molar-refractivity contribution in [3.05, 3.63) is 53.6 Å². The van der Waals surface area contributed by atoms with E-state index in [0.29, 0.717) is 11.9 Å². The Morgan fingerprint density at radius 2 is 2.04 bits per heavy atom. The zero-order valence-electron chi connectivity index (χ0n) is 15.6. The smallest absolute Gasteiger partial charge is 0.222 e. The molecule has 0 radical (unpaired) electrons. The van der Waals surface area contributed by atoms with E-state index in [0.717, 1.165) is 56.6 Å². The van der Waals surface area contributed by atoms with Gasteiger partial charge in [-0.3, -0.25) is 4.90 Å². The van der Waals surface area contributed by atoms with E-state index < -0.39 is 0 Å². The van der Waals surface area contributed by atoms with Crippen LogP contribution in [0.3, 0.4) is 0 Å². The number of nitrogens with zero attached hydrogens (tertiary/aromatic N) is 3. The maximum absolute atomic E-state index is 13.8. The molecule has 1 aliphatic heterocycles. The van der Waals surface area contributed by atoms with Crippen molar-refractivity contribution in [2.75, 3.05) is 25.0 Å². The van der Waals surface area contributed by atoms with Crippen LogP contribution < -0.4 is 5.32 Å². The summed E-state index contributed by atoms with van der Waals surface area (Å²) in [7, 11) is 0. The molecule has 4 nitrogen and oxygen atoms in total. The summed E-state index contributed by atoms with van der Waals surface area (Å²) in [6.45, 7) is 6.11. The molecule has 1 aromatic carbocycles. The van der Waals surface area contributed by atoms with E-state index in [-0.39, 0.29) is 5.82 Å². The van der Waals surface area contributed by atoms with Crippen molar-refractivity contribution in [2.24, 2.45) is 5.92 Å². The Labute approximate surface area is 155 Å². The van der Waals surface area contributed by atoms with Gasteiger partial charge in [0.1, 0.15) is 5.82 Å². The first-order valence-electron chi connectivity index (χ1n) is 9.75. The fraction of sp³-hybridized carbons (Fsp3) is 0.524. The van der Waals surface area contributed by atoms with E-state index in [4.69, 9.17) is 0 Å². The molecule has 0 unspecified atom stereocenters. The molecule has 3 rings (SSSR count). The Morgan fingerprint density at radius 1 is 1.23 bits per heavy atom. The Morgan fingerprint density at radius 3 is 2.81 bits per heavy atom. The monoisotopic (exact) mass is 356 g/mol. The highest BCUT2D eigenvalue weighted by molar-refractivity contribution is 5.24. The average molecular weight is 356 g/mol. The molecule has 1 N–H and O–H groups in total. The second-order valence-corrected chi connectivity index (χ2v) is 7.22. The number of halogens is 1. The van der Waals surface area contributed by atoms with E-state index in [9.17, 15) is 4.39 Å². The van der Waals surface area contributed by atoms with Gasteiger partial charge in [0.15, 0.2) is 0 Å². The molecule has 0 bridgehead atoms. The molecule has 26 heavy (non-hydrogen) atoms. The van der Waals surface area contributed by atoms with E-state index in [1.54, 1.807) is 12.1 Å². The quantitative estimate of drug-likeness (QED) is 0.766. The molecule has 0 spiro atoms. The van der Waals surface area contributed by atoms with Crippen molar-refractivity contribution >= 4 is 5.95 Å². The minimum absolute atomic E-state index is 0.0749. The van der Waals surface area contributed by atoms with Gasteiger partial charge in [0, 0.05) is 37.6 Å². The van der Waals surface area contributed by atoms with Crippen LogP contribution in [0.1, 0.15) is 43.7 Å². The molecule has 1 aliphatic rings. The van der Waals surface area contributed by atoms with Crippen molar-refractivity contribution < 1.29 is 4.39 Å². The summed E-state index contributed by atoms with van der Waals surface area (Å²) in [5, 5.41) is 3.20. The maximum Gasteiger partial charge on any atom is 0.222 e. The van der Waals surface area contributed by atoms with Crippen molar-refractivity contribution in [3.8, 4) is 0 Å². The maximum atomic E-state index is 13.8. The largest absolute Gasteiger partial charge is 0.354 e. The number of aromatic nitrogens is 2. The van der Waals surface area contributed by atoms with Crippen LogP contribution in [0.2, 0.25) is 0 Å². The van der Waals surface area contributed by atoms with Gasteiger partial charge < -0.3 is 5.32 Å². The van der Waals surface area contributed by atoms with E-state index >= 15 is 0 Å². The molecule has 0 amide bonds. The van der Waals surface area contributed by atoms with Crippen molar-refractivity contribution in [1.82, 2.24) is 14.9 Å². The highest BCUT2D eigenvalue weighted by Crippen LogP contribution is 2.23. The Hall–Kier alpha value is -2.01. The predicted octanol–water partition coefficient (Wildman–Crippen LogP) is 4.28. The van der Waals surface area contributed by atoms with Gasteiger partial charge in [0.25, 0.3) is 0 Å². The first kappa shape index (κ1) is 18.8.